The molecule has 4 unspecified atom stereocenters. The largest absolute Gasteiger partial charge is 0.480 e. The Labute approximate surface area is 117 Å². The van der Waals surface area contributed by atoms with Gasteiger partial charge in [0.2, 0.25) is 0 Å². The summed E-state index contributed by atoms with van der Waals surface area (Å²) in [6.07, 6.45) is 5.75. The molecule has 3 heteroatoms. The Morgan fingerprint density at radius 1 is 1.21 bits per heavy atom. The fourth-order valence-electron chi connectivity index (χ4n) is 4.12. The average molecular weight is 267 g/mol. The van der Waals surface area contributed by atoms with Gasteiger partial charge in [-0.2, -0.15) is 0 Å². The zero-order chi connectivity index (χ0) is 14.2. The highest BCUT2D eigenvalue weighted by Gasteiger charge is 2.45. The van der Waals surface area contributed by atoms with Crippen LogP contribution < -0.4 is 0 Å². The molecule has 1 saturated heterocycles. The summed E-state index contributed by atoms with van der Waals surface area (Å²) < 4.78 is 0. The van der Waals surface area contributed by atoms with E-state index in [4.69, 9.17) is 0 Å². The maximum absolute atomic E-state index is 11.7. The van der Waals surface area contributed by atoms with Crippen molar-refractivity contribution in [3.05, 3.63) is 0 Å². The van der Waals surface area contributed by atoms with Crippen molar-refractivity contribution < 1.29 is 9.90 Å². The van der Waals surface area contributed by atoms with Crippen molar-refractivity contribution in [1.82, 2.24) is 4.90 Å². The van der Waals surface area contributed by atoms with E-state index in [1.165, 1.54) is 19.3 Å². The summed E-state index contributed by atoms with van der Waals surface area (Å²) in [6, 6.07) is 0.179. The third-order valence-corrected chi connectivity index (χ3v) is 5.58. The molecule has 0 aromatic rings. The molecule has 1 saturated carbocycles. The van der Waals surface area contributed by atoms with Crippen LogP contribution in [0.15, 0.2) is 0 Å². The molecule has 0 aromatic carbocycles. The van der Waals surface area contributed by atoms with Gasteiger partial charge in [-0.3, -0.25) is 9.69 Å². The van der Waals surface area contributed by atoms with Gasteiger partial charge in [-0.15, -0.1) is 0 Å². The van der Waals surface area contributed by atoms with Crippen LogP contribution in [0.5, 0.6) is 0 Å². The first-order valence-electron chi connectivity index (χ1n) is 7.81. The van der Waals surface area contributed by atoms with Crippen molar-refractivity contribution in [1.29, 1.82) is 0 Å². The third kappa shape index (κ3) is 2.96. The van der Waals surface area contributed by atoms with Gasteiger partial charge in [0, 0.05) is 6.04 Å². The topological polar surface area (TPSA) is 40.5 Å². The summed E-state index contributed by atoms with van der Waals surface area (Å²) in [5.41, 5.74) is -0.101. The SMILES string of the molecule is CC1CCC(N2CCCC(C)(C)C2C(=O)O)CC1C. The third-order valence-electron chi connectivity index (χ3n) is 5.58. The van der Waals surface area contributed by atoms with Crippen LogP contribution in [-0.2, 0) is 4.79 Å². The van der Waals surface area contributed by atoms with Crippen molar-refractivity contribution in [3.8, 4) is 0 Å². The van der Waals surface area contributed by atoms with Crippen molar-refractivity contribution in [2.45, 2.75) is 71.9 Å². The first-order chi connectivity index (χ1) is 8.83. The molecular formula is C16H29NO2. The first kappa shape index (κ1) is 14.8. The number of nitrogens with zero attached hydrogens (tertiary/aromatic N) is 1. The Kier molecular flexibility index (Phi) is 4.24. The summed E-state index contributed by atoms with van der Waals surface area (Å²) >= 11 is 0. The molecule has 19 heavy (non-hydrogen) atoms. The number of rotatable bonds is 2. The monoisotopic (exact) mass is 267 g/mol. The molecule has 2 fully saturated rings. The Morgan fingerprint density at radius 2 is 1.89 bits per heavy atom. The predicted molar refractivity (Wildman–Crippen MR) is 77.1 cm³/mol. The molecule has 110 valence electrons. The number of piperidine rings is 1. The number of aliphatic carboxylic acids is 1. The van der Waals surface area contributed by atoms with Crippen LogP contribution in [0, 0.1) is 17.3 Å². The maximum Gasteiger partial charge on any atom is 0.321 e. The van der Waals surface area contributed by atoms with E-state index in [1.54, 1.807) is 0 Å². The molecule has 1 aliphatic carbocycles. The quantitative estimate of drug-likeness (QED) is 0.833. The van der Waals surface area contributed by atoms with Crippen LogP contribution in [0.2, 0.25) is 0 Å². The molecular weight excluding hydrogens is 238 g/mol. The number of carbonyl (C=O) groups is 1. The van der Waals surface area contributed by atoms with Gasteiger partial charge in [0.15, 0.2) is 0 Å². The van der Waals surface area contributed by atoms with Gasteiger partial charge in [-0.05, 0) is 55.9 Å². The van der Waals surface area contributed by atoms with E-state index in [9.17, 15) is 9.90 Å². The molecule has 1 N–H and O–H groups in total. The van der Waals surface area contributed by atoms with Crippen LogP contribution >= 0.6 is 0 Å². The molecule has 1 aliphatic heterocycles. The van der Waals surface area contributed by atoms with E-state index in [2.05, 4.69) is 32.6 Å². The van der Waals surface area contributed by atoms with Gasteiger partial charge < -0.3 is 5.11 Å². The molecule has 0 bridgehead atoms. The Hall–Kier alpha value is -0.570. The first-order valence-corrected chi connectivity index (χ1v) is 7.81. The highest BCUT2D eigenvalue weighted by Crippen LogP contribution is 2.40. The van der Waals surface area contributed by atoms with Crippen molar-refractivity contribution >= 4 is 5.97 Å². The van der Waals surface area contributed by atoms with E-state index in [0.29, 0.717) is 6.04 Å². The van der Waals surface area contributed by atoms with E-state index in [1.807, 2.05) is 0 Å². The van der Waals surface area contributed by atoms with Gasteiger partial charge in [0.05, 0.1) is 0 Å². The van der Waals surface area contributed by atoms with Gasteiger partial charge in [0.1, 0.15) is 6.04 Å². The minimum atomic E-state index is -0.629. The smallest absolute Gasteiger partial charge is 0.321 e. The second-order valence-corrected chi connectivity index (χ2v) is 7.49. The Bertz CT molecular complexity index is 340. The molecule has 0 spiro atoms. The number of hydrogen-bond donors (Lipinski definition) is 1. The van der Waals surface area contributed by atoms with Crippen molar-refractivity contribution in [2.24, 2.45) is 17.3 Å². The van der Waals surface area contributed by atoms with Crippen LogP contribution in [0.1, 0.15) is 59.8 Å². The molecule has 2 rings (SSSR count). The summed E-state index contributed by atoms with van der Waals surface area (Å²) in [5.74, 6) is 0.881. The lowest BCUT2D eigenvalue weighted by atomic mass is 9.73. The summed E-state index contributed by atoms with van der Waals surface area (Å²) in [5, 5.41) is 9.65. The molecule has 1 heterocycles. The Balaban J connectivity index is 2.15. The summed E-state index contributed by atoms with van der Waals surface area (Å²) in [6.45, 7) is 9.85. The zero-order valence-electron chi connectivity index (χ0n) is 12.9. The highest BCUT2D eigenvalue weighted by atomic mass is 16.4. The normalized spacial score (nSPS) is 40.0. The van der Waals surface area contributed by atoms with Crippen LogP contribution in [0.3, 0.4) is 0 Å². The van der Waals surface area contributed by atoms with Crippen molar-refractivity contribution in [3.63, 3.8) is 0 Å². The van der Waals surface area contributed by atoms with Gasteiger partial charge in [-0.25, -0.2) is 0 Å². The standard InChI is InChI=1S/C16H29NO2/c1-11-6-7-13(10-12(11)2)17-9-5-8-16(3,4)14(17)15(18)19/h11-14H,5-10H2,1-4H3,(H,18,19). The lowest BCUT2D eigenvalue weighted by molar-refractivity contribution is -0.153. The van der Waals surface area contributed by atoms with Gasteiger partial charge in [0.25, 0.3) is 0 Å². The van der Waals surface area contributed by atoms with E-state index in [0.717, 1.165) is 31.2 Å². The van der Waals surface area contributed by atoms with Crippen LogP contribution in [0.4, 0.5) is 0 Å². The van der Waals surface area contributed by atoms with E-state index in [-0.39, 0.29) is 11.5 Å². The summed E-state index contributed by atoms with van der Waals surface area (Å²) in [4.78, 5) is 14.0. The zero-order valence-corrected chi connectivity index (χ0v) is 12.9. The molecule has 0 radical (unpaired) electrons. The Morgan fingerprint density at radius 3 is 2.47 bits per heavy atom. The number of carboxylic acids is 1. The molecule has 4 atom stereocenters. The maximum atomic E-state index is 11.7. The molecule has 0 amide bonds. The number of likely N-dealkylation sites (tertiary alicyclic amines) is 1. The molecule has 3 nitrogen and oxygen atoms in total. The fourth-order valence-corrected chi connectivity index (χ4v) is 4.12. The van der Waals surface area contributed by atoms with Crippen LogP contribution in [0.25, 0.3) is 0 Å². The fraction of sp³-hybridized carbons (Fsp3) is 0.938. The second kappa shape index (κ2) is 5.43. The molecule has 0 aromatic heterocycles. The van der Waals surface area contributed by atoms with E-state index < -0.39 is 5.97 Å². The second-order valence-electron chi connectivity index (χ2n) is 7.49. The summed E-state index contributed by atoms with van der Waals surface area (Å²) in [7, 11) is 0. The van der Waals surface area contributed by atoms with Crippen molar-refractivity contribution in [2.75, 3.05) is 6.54 Å². The lowest BCUT2D eigenvalue weighted by Gasteiger charge is -2.49. The predicted octanol–water partition coefficient (Wildman–Crippen LogP) is 3.39. The van der Waals surface area contributed by atoms with E-state index >= 15 is 0 Å². The minimum Gasteiger partial charge on any atom is -0.480 e. The lowest BCUT2D eigenvalue weighted by Crippen LogP contribution is -2.58. The highest BCUT2D eigenvalue weighted by molar-refractivity contribution is 5.74. The number of hydrogen-bond acceptors (Lipinski definition) is 2. The molecule has 2 aliphatic rings. The van der Waals surface area contributed by atoms with Gasteiger partial charge in [-0.1, -0.05) is 27.7 Å². The minimum absolute atomic E-state index is 0.101. The number of carboxylic acid groups (broad SMARTS) is 1. The van der Waals surface area contributed by atoms with Gasteiger partial charge >= 0.3 is 5.97 Å². The average Bonchev–Trinajstić information content (AvgIpc) is 2.30. The van der Waals surface area contributed by atoms with Crippen LogP contribution in [-0.4, -0.2) is 34.6 Å².